The molecule has 0 aromatic heterocycles. The zero-order chi connectivity index (χ0) is 12.8. The Morgan fingerprint density at radius 3 is 2.71 bits per heavy atom. The number of rotatable bonds is 5. The van der Waals surface area contributed by atoms with Gasteiger partial charge in [0.25, 0.3) is 0 Å². The van der Waals surface area contributed by atoms with Crippen LogP contribution in [0.25, 0.3) is 0 Å². The molecule has 17 heavy (non-hydrogen) atoms. The molecule has 0 bridgehead atoms. The maximum absolute atomic E-state index is 10.8. The van der Waals surface area contributed by atoms with Crippen molar-refractivity contribution < 1.29 is 14.4 Å². The Labute approximate surface area is 99.8 Å². The molecule has 0 aliphatic carbocycles. The van der Waals surface area contributed by atoms with E-state index in [2.05, 4.69) is 0 Å². The minimum atomic E-state index is -0.475. The highest BCUT2D eigenvalue weighted by Gasteiger charge is 2.15. The summed E-state index contributed by atoms with van der Waals surface area (Å²) in [6.45, 7) is 4.17. The van der Waals surface area contributed by atoms with Gasteiger partial charge in [-0.15, -0.1) is 0 Å². The third-order valence-electron chi connectivity index (χ3n) is 2.09. The van der Waals surface area contributed by atoms with Gasteiger partial charge in [-0.3, -0.25) is 10.1 Å². The van der Waals surface area contributed by atoms with E-state index in [0.717, 1.165) is 5.57 Å². The molecule has 0 unspecified atom stereocenters. The lowest BCUT2D eigenvalue weighted by Crippen LogP contribution is -1.99. The second kappa shape index (κ2) is 5.89. The Morgan fingerprint density at radius 2 is 2.18 bits per heavy atom. The van der Waals surface area contributed by atoms with Crippen molar-refractivity contribution in [3.63, 3.8) is 0 Å². The molecule has 5 nitrogen and oxygen atoms in total. The summed E-state index contributed by atoms with van der Waals surface area (Å²) in [5.41, 5.74) is 1.03. The van der Waals surface area contributed by atoms with Gasteiger partial charge in [-0.1, -0.05) is 5.57 Å². The van der Waals surface area contributed by atoms with Gasteiger partial charge < -0.3 is 9.47 Å². The number of allylic oxidation sites excluding steroid dienone is 1. The van der Waals surface area contributed by atoms with E-state index >= 15 is 0 Å². The van der Waals surface area contributed by atoms with Gasteiger partial charge in [-0.05, 0) is 26.0 Å². The van der Waals surface area contributed by atoms with Crippen molar-refractivity contribution in [3.8, 4) is 11.5 Å². The summed E-state index contributed by atoms with van der Waals surface area (Å²) in [6, 6.07) is 4.42. The highest BCUT2D eigenvalue weighted by Crippen LogP contribution is 2.30. The molecule has 1 rings (SSSR count). The molecule has 0 saturated carbocycles. The summed E-state index contributed by atoms with van der Waals surface area (Å²) in [7, 11) is 1.50. The fourth-order valence-corrected chi connectivity index (χ4v) is 1.19. The predicted molar refractivity (Wildman–Crippen MR) is 64.6 cm³/mol. The molecule has 0 amide bonds. The lowest BCUT2D eigenvalue weighted by atomic mass is 10.3. The van der Waals surface area contributed by atoms with Gasteiger partial charge in [-0.25, -0.2) is 0 Å². The van der Waals surface area contributed by atoms with Crippen molar-refractivity contribution in [1.29, 1.82) is 0 Å². The second-order valence-electron chi connectivity index (χ2n) is 3.68. The van der Waals surface area contributed by atoms with Gasteiger partial charge in [0.05, 0.1) is 12.0 Å². The quantitative estimate of drug-likeness (QED) is 0.448. The van der Waals surface area contributed by atoms with Crippen LogP contribution >= 0.6 is 0 Å². The first kappa shape index (κ1) is 13.0. The van der Waals surface area contributed by atoms with Crippen molar-refractivity contribution >= 4 is 5.69 Å². The van der Waals surface area contributed by atoms with Crippen LogP contribution in [0.5, 0.6) is 11.5 Å². The topological polar surface area (TPSA) is 61.6 Å². The normalized spacial score (nSPS) is 9.59. The molecule has 0 aliphatic heterocycles. The summed E-state index contributed by atoms with van der Waals surface area (Å²) >= 11 is 0. The molecule has 0 atom stereocenters. The monoisotopic (exact) mass is 237 g/mol. The number of hydrogen-bond acceptors (Lipinski definition) is 4. The van der Waals surface area contributed by atoms with Gasteiger partial charge in [-0.2, -0.15) is 0 Å². The van der Waals surface area contributed by atoms with E-state index < -0.39 is 4.92 Å². The number of nitrogens with zero attached hydrogens (tertiary/aromatic N) is 1. The van der Waals surface area contributed by atoms with Gasteiger partial charge in [0.15, 0.2) is 0 Å². The Hall–Kier alpha value is -2.04. The van der Waals surface area contributed by atoms with Crippen molar-refractivity contribution in [2.24, 2.45) is 0 Å². The summed E-state index contributed by atoms with van der Waals surface area (Å²) < 4.78 is 10.4. The average molecular weight is 237 g/mol. The van der Waals surface area contributed by atoms with E-state index in [1.807, 2.05) is 19.9 Å². The van der Waals surface area contributed by atoms with Crippen molar-refractivity contribution in [2.75, 3.05) is 13.7 Å². The van der Waals surface area contributed by atoms with Crippen LogP contribution in [0.1, 0.15) is 13.8 Å². The van der Waals surface area contributed by atoms with E-state index in [1.54, 1.807) is 0 Å². The number of benzene rings is 1. The Morgan fingerprint density at radius 1 is 1.47 bits per heavy atom. The third-order valence-corrected chi connectivity index (χ3v) is 2.09. The molecule has 0 radical (unpaired) electrons. The fourth-order valence-electron chi connectivity index (χ4n) is 1.19. The van der Waals surface area contributed by atoms with Crippen molar-refractivity contribution in [3.05, 3.63) is 40.0 Å². The molecular formula is C12H15NO4. The molecular weight excluding hydrogens is 222 g/mol. The third kappa shape index (κ3) is 3.79. The van der Waals surface area contributed by atoms with Gasteiger partial charge >= 0.3 is 5.69 Å². The standard InChI is InChI=1S/C12H15NO4/c1-9(2)6-7-17-12-8-10(16-3)4-5-11(12)13(14)15/h4-6,8H,7H2,1-3H3. The molecule has 0 heterocycles. The van der Waals surface area contributed by atoms with Crippen LogP contribution in [-0.4, -0.2) is 18.6 Å². The van der Waals surface area contributed by atoms with Crippen LogP contribution in [0.3, 0.4) is 0 Å². The summed E-state index contributed by atoms with van der Waals surface area (Å²) in [4.78, 5) is 10.3. The van der Waals surface area contributed by atoms with Crippen molar-refractivity contribution in [1.82, 2.24) is 0 Å². The minimum Gasteiger partial charge on any atom is -0.497 e. The average Bonchev–Trinajstić information content (AvgIpc) is 2.28. The number of nitro groups is 1. The van der Waals surface area contributed by atoms with Crippen LogP contribution in [0.4, 0.5) is 5.69 Å². The van der Waals surface area contributed by atoms with Crippen LogP contribution in [0.15, 0.2) is 29.8 Å². The van der Waals surface area contributed by atoms with E-state index in [-0.39, 0.29) is 11.4 Å². The molecule has 0 spiro atoms. The lowest BCUT2D eigenvalue weighted by molar-refractivity contribution is -0.385. The fraction of sp³-hybridized carbons (Fsp3) is 0.333. The largest absolute Gasteiger partial charge is 0.497 e. The number of methoxy groups -OCH3 is 1. The number of nitro benzene ring substituents is 1. The minimum absolute atomic E-state index is 0.0621. The van der Waals surface area contributed by atoms with Crippen LogP contribution in [-0.2, 0) is 0 Å². The van der Waals surface area contributed by atoms with Crippen LogP contribution < -0.4 is 9.47 Å². The molecule has 92 valence electrons. The summed E-state index contributed by atoms with van der Waals surface area (Å²) in [5, 5.41) is 10.8. The van der Waals surface area contributed by atoms with Gasteiger partial charge in [0.2, 0.25) is 5.75 Å². The van der Waals surface area contributed by atoms with Gasteiger partial charge in [0, 0.05) is 12.1 Å². The lowest BCUT2D eigenvalue weighted by Gasteiger charge is -2.06. The van der Waals surface area contributed by atoms with E-state index in [4.69, 9.17) is 9.47 Å². The Balaban J connectivity index is 2.93. The smallest absolute Gasteiger partial charge is 0.311 e. The first-order chi connectivity index (χ1) is 8.04. The molecule has 0 aliphatic rings. The summed E-state index contributed by atoms with van der Waals surface area (Å²) in [6.07, 6.45) is 1.85. The molecule has 0 N–H and O–H groups in total. The van der Waals surface area contributed by atoms with E-state index in [1.165, 1.54) is 25.3 Å². The maximum atomic E-state index is 10.8. The highest BCUT2D eigenvalue weighted by atomic mass is 16.6. The van der Waals surface area contributed by atoms with Crippen LogP contribution in [0.2, 0.25) is 0 Å². The summed E-state index contributed by atoms with van der Waals surface area (Å²) in [5.74, 6) is 0.745. The molecule has 1 aromatic carbocycles. The van der Waals surface area contributed by atoms with Crippen LogP contribution in [0, 0.1) is 10.1 Å². The zero-order valence-electron chi connectivity index (χ0n) is 10.1. The number of ether oxygens (including phenoxy) is 2. The van der Waals surface area contributed by atoms with Gasteiger partial charge in [0.1, 0.15) is 12.4 Å². The highest BCUT2D eigenvalue weighted by molar-refractivity contribution is 5.50. The van der Waals surface area contributed by atoms with E-state index in [9.17, 15) is 10.1 Å². The van der Waals surface area contributed by atoms with Crippen molar-refractivity contribution in [2.45, 2.75) is 13.8 Å². The maximum Gasteiger partial charge on any atom is 0.311 e. The SMILES string of the molecule is COc1ccc([N+](=O)[O-])c(OCC=C(C)C)c1. The van der Waals surface area contributed by atoms with E-state index in [0.29, 0.717) is 12.4 Å². The molecule has 1 aromatic rings. The zero-order valence-corrected chi connectivity index (χ0v) is 10.1. The Bertz CT molecular complexity index is 436. The molecule has 5 heteroatoms. The molecule has 0 saturated heterocycles. The first-order valence-corrected chi connectivity index (χ1v) is 5.13. The number of hydrogen-bond donors (Lipinski definition) is 0. The molecule has 0 fully saturated rings. The second-order valence-corrected chi connectivity index (χ2v) is 3.68. The predicted octanol–water partition coefficient (Wildman–Crippen LogP) is 2.95. The first-order valence-electron chi connectivity index (χ1n) is 5.13. The Kier molecular flexibility index (Phi) is 4.51.